The third-order valence-electron chi connectivity index (χ3n) is 4.38. The normalized spacial score (nSPS) is 11.4. The summed E-state index contributed by atoms with van der Waals surface area (Å²) in [6, 6.07) is 32.1. The van der Waals surface area contributed by atoms with Crippen LogP contribution in [0.15, 0.2) is 102 Å². The Hall–Kier alpha value is -2.77. The van der Waals surface area contributed by atoms with Gasteiger partial charge in [-0.15, -0.1) is 0 Å². The molecule has 0 fully saturated rings. The molecule has 3 aromatic carbocycles. The van der Waals surface area contributed by atoms with E-state index in [1.165, 1.54) is 22.3 Å². The summed E-state index contributed by atoms with van der Waals surface area (Å²) in [6.45, 7) is 0. The van der Waals surface area contributed by atoms with Gasteiger partial charge in [-0.3, -0.25) is 0 Å². The molecule has 0 bridgehead atoms. The van der Waals surface area contributed by atoms with Crippen molar-refractivity contribution in [3.63, 3.8) is 0 Å². The molecule has 1 heterocycles. The molecule has 0 aliphatic carbocycles. The van der Waals surface area contributed by atoms with E-state index in [0.29, 0.717) is 0 Å². The topological polar surface area (TPSA) is 38.9 Å². The summed E-state index contributed by atoms with van der Waals surface area (Å²) in [4.78, 5) is 4.33. The summed E-state index contributed by atoms with van der Waals surface area (Å²) < 4.78 is 5.02. The Morgan fingerprint density at radius 3 is 1.44 bits per heavy atom. The van der Waals surface area contributed by atoms with Crippen LogP contribution in [0.1, 0.15) is 5.82 Å². The van der Waals surface area contributed by atoms with Crippen LogP contribution in [-0.2, 0) is 6.16 Å². The van der Waals surface area contributed by atoms with Crippen LogP contribution in [0.4, 0.5) is 0 Å². The third-order valence-corrected chi connectivity index (χ3v) is 8.67. The molecule has 0 unspecified atom stereocenters. The first-order chi connectivity index (χ1) is 12.4. The second-order valence-corrected chi connectivity index (χ2v) is 9.31. The van der Waals surface area contributed by atoms with Crippen molar-refractivity contribution in [2.75, 3.05) is 0 Å². The summed E-state index contributed by atoms with van der Waals surface area (Å²) in [5.74, 6) is 0.741. The van der Waals surface area contributed by atoms with Gasteiger partial charge in [0.15, 0.2) is 0 Å². The molecule has 4 rings (SSSR count). The maximum Gasteiger partial charge on any atom is 0.213 e. The quantitative estimate of drug-likeness (QED) is 0.519. The lowest BCUT2D eigenvalue weighted by molar-refractivity contribution is 0.412. The fourth-order valence-electron chi connectivity index (χ4n) is 3.24. The smallest absolute Gasteiger partial charge is 0.213 e. The number of hydrogen-bond donors (Lipinski definition) is 0. The molecule has 0 atom stereocenters. The van der Waals surface area contributed by atoms with E-state index in [1.807, 2.05) is 0 Å². The van der Waals surface area contributed by atoms with E-state index in [1.54, 1.807) is 0 Å². The van der Waals surface area contributed by atoms with E-state index in [9.17, 15) is 0 Å². The van der Waals surface area contributed by atoms with Crippen molar-refractivity contribution in [1.82, 2.24) is 10.1 Å². The molecular weight excluding hydrogens is 327 g/mol. The zero-order valence-electron chi connectivity index (χ0n) is 13.7. The highest BCUT2D eigenvalue weighted by molar-refractivity contribution is 7.95. The van der Waals surface area contributed by atoms with Crippen LogP contribution in [0, 0.1) is 0 Å². The highest BCUT2D eigenvalue weighted by Gasteiger charge is 2.46. The van der Waals surface area contributed by atoms with E-state index >= 15 is 0 Å². The second-order valence-electron chi connectivity index (χ2n) is 5.82. The predicted molar refractivity (Wildman–Crippen MR) is 103 cm³/mol. The van der Waals surface area contributed by atoms with Crippen LogP contribution in [0.5, 0.6) is 0 Å². The Labute approximate surface area is 147 Å². The molecule has 0 spiro atoms. The lowest BCUT2D eigenvalue weighted by atomic mass is 10.4. The Morgan fingerprint density at radius 1 is 0.640 bits per heavy atom. The van der Waals surface area contributed by atoms with Gasteiger partial charge in [-0.2, -0.15) is 4.98 Å². The van der Waals surface area contributed by atoms with E-state index < -0.39 is 7.26 Å². The van der Waals surface area contributed by atoms with Crippen LogP contribution in [0.25, 0.3) is 0 Å². The Kier molecular flexibility index (Phi) is 4.41. The molecule has 122 valence electrons. The predicted octanol–water partition coefficient (Wildman–Crippen LogP) is 3.56. The van der Waals surface area contributed by atoms with Crippen LogP contribution < -0.4 is 15.9 Å². The Bertz CT molecular complexity index is 813. The van der Waals surface area contributed by atoms with Gasteiger partial charge in [0.2, 0.25) is 12.2 Å². The van der Waals surface area contributed by atoms with Gasteiger partial charge < -0.3 is 4.52 Å². The molecule has 0 amide bonds. The number of benzene rings is 3. The van der Waals surface area contributed by atoms with Crippen molar-refractivity contribution in [2.24, 2.45) is 0 Å². The highest BCUT2D eigenvalue weighted by Crippen LogP contribution is 2.57. The van der Waals surface area contributed by atoms with E-state index in [2.05, 4.69) is 101 Å². The zero-order valence-corrected chi connectivity index (χ0v) is 14.6. The molecule has 0 aliphatic rings. The van der Waals surface area contributed by atoms with Crippen LogP contribution in [0.2, 0.25) is 0 Å². The zero-order chi connectivity index (χ0) is 17.0. The molecule has 0 saturated heterocycles. The fraction of sp³-hybridized carbons (Fsp3) is 0.0476. The number of aromatic nitrogens is 2. The average molecular weight is 345 g/mol. The summed E-state index contributed by atoms with van der Waals surface area (Å²) in [5.41, 5.74) is 0. The Morgan fingerprint density at radius 2 is 1.08 bits per heavy atom. The van der Waals surface area contributed by atoms with E-state index in [-0.39, 0.29) is 0 Å². The lowest BCUT2D eigenvalue weighted by Gasteiger charge is -2.26. The molecule has 0 N–H and O–H groups in total. The highest BCUT2D eigenvalue weighted by atomic mass is 31.2. The SMILES string of the molecule is c1ccc([P+](Cc2ncon2)(c2ccccc2)c2ccccc2)cc1. The minimum absolute atomic E-state index is 0.738. The molecule has 3 nitrogen and oxygen atoms in total. The number of rotatable bonds is 5. The molecule has 0 radical (unpaired) electrons. The summed E-state index contributed by atoms with van der Waals surface area (Å²) >= 11 is 0. The molecular formula is C21H18N2OP+. The van der Waals surface area contributed by atoms with Gasteiger partial charge in [0.25, 0.3) is 0 Å². The van der Waals surface area contributed by atoms with Crippen molar-refractivity contribution in [3.05, 3.63) is 103 Å². The third kappa shape index (κ3) is 2.99. The Balaban J connectivity index is 2.01. The van der Waals surface area contributed by atoms with Crippen molar-refractivity contribution in [2.45, 2.75) is 6.16 Å². The first-order valence-electron chi connectivity index (χ1n) is 8.20. The first-order valence-corrected chi connectivity index (χ1v) is 10.2. The van der Waals surface area contributed by atoms with Crippen molar-refractivity contribution < 1.29 is 4.52 Å². The summed E-state index contributed by atoms with van der Waals surface area (Å²) in [7, 11) is -1.93. The van der Waals surface area contributed by atoms with Crippen molar-refractivity contribution in [1.29, 1.82) is 0 Å². The second kappa shape index (κ2) is 7.00. The van der Waals surface area contributed by atoms with Gasteiger partial charge >= 0.3 is 0 Å². The van der Waals surface area contributed by atoms with E-state index in [0.717, 1.165) is 12.0 Å². The minimum Gasteiger partial charge on any atom is -0.343 e. The maximum absolute atomic E-state index is 5.02. The summed E-state index contributed by atoms with van der Waals surface area (Å²) in [5, 5.41) is 8.07. The van der Waals surface area contributed by atoms with Crippen LogP contribution >= 0.6 is 7.26 Å². The number of nitrogens with zero attached hydrogens (tertiary/aromatic N) is 2. The molecule has 25 heavy (non-hydrogen) atoms. The van der Waals surface area contributed by atoms with Gasteiger partial charge in [-0.25, -0.2) is 0 Å². The number of hydrogen-bond acceptors (Lipinski definition) is 3. The largest absolute Gasteiger partial charge is 0.343 e. The van der Waals surface area contributed by atoms with E-state index in [4.69, 9.17) is 4.52 Å². The van der Waals surface area contributed by atoms with Gasteiger partial charge in [-0.05, 0) is 36.4 Å². The van der Waals surface area contributed by atoms with Crippen molar-refractivity contribution >= 4 is 23.2 Å². The molecule has 0 saturated carbocycles. The lowest BCUT2D eigenvalue weighted by Crippen LogP contribution is -2.32. The monoisotopic (exact) mass is 345 g/mol. The van der Waals surface area contributed by atoms with Crippen molar-refractivity contribution in [3.8, 4) is 0 Å². The fourth-order valence-corrected chi connectivity index (χ4v) is 7.29. The first kappa shape index (κ1) is 15.7. The molecule has 4 aromatic rings. The molecule has 4 heteroatoms. The van der Waals surface area contributed by atoms with Gasteiger partial charge in [0.1, 0.15) is 29.3 Å². The van der Waals surface area contributed by atoms with Crippen LogP contribution in [-0.4, -0.2) is 10.1 Å². The standard InChI is InChI=1S/C21H18N2OP/c1-4-10-18(11-5-1)25(16-21-22-17-24-23-21,19-12-6-2-7-13-19)20-14-8-3-9-15-20/h1-15,17H,16H2/q+1. The average Bonchev–Trinajstić information content (AvgIpc) is 3.21. The van der Waals surface area contributed by atoms with Gasteiger partial charge in [0, 0.05) is 0 Å². The maximum atomic E-state index is 5.02. The molecule has 1 aromatic heterocycles. The van der Waals surface area contributed by atoms with Gasteiger partial charge in [-0.1, -0.05) is 59.8 Å². The van der Waals surface area contributed by atoms with Gasteiger partial charge in [0.05, 0.1) is 0 Å². The minimum atomic E-state index is -1.93. The summed E-state index contributed by atoms with van der Waals surface area (Å²) in [6.07, 6.45) is 2.15. The molecule has 0 aliphatic heterocycles. The van der Waals surface area contributed by atoms with Crippen LogP contribution in [0.3, 0.4) is 0 Å².